The van der Waals surface area contributed by atoms with Gasteiger partial charge >= 0.3 is 0 Å². The predicted octanol–water partition coefficient (Wildman–Crippen LogP) is 2.82. The highest BCUT2D eigenvalue weighted by atomic mass is 79.9. The molecule has 2 heterocycles. The lowest BCUT2D eigenvalue weighted by Crippen LogP contribution is -2.19. The van der Waals surface area contributed by atoms with Gasteiger partial charge in [0, 0.05) is 26.2 Å². The predicted molar refractivity (Wildman–Crippen MR) is 74.8 cm³/mol. The van der Waals surface area contributed by atoms with E-state index in [1.54, 1.807) is 12.6 Å². The van der Waals surface area contributed by atoms with Crippen LogP contribution in [-0.4, -0.2) is 24.1 Å². The minimum Gasteiger partial charge on any atom is -0.469 e. The molecule has 96 valence electrons. The highest BCUT2D eigenvalue weighted by Crippen LogP contribution is 2.29. The van der Waals surface area contributed by atoms with Crippen molar-refractivity contribution in [2.45, 2.75) is 13.5 Å². The second-order valence-electron chi connectivity index (χ2n) is 3.97. The first-order chi connectivity index (χ1) is 8.63. The van der Waals surface area contributed by atoms with Crippen LogP contribution in [0.2, 0.25) is 0 Å². The fraction of sp³-hybridized carbons (Fsp3) is 0.333. The standard InChI is InChI=1S/C12H15BrN4O/c1-8-9(4-5-18-8)6-17(3)12-10(13)11(14-2)15-7-16-12/h4-5,7H,6H2,1-3H3,(H,14,15,16). The minimum absolute atomic E-state index is 0.737. The molecule has 2 aromatic heterocycles. The van der Waals surface area contributed by atoms with E-state index >= 15 is 0 Å². The Morgan fingerprint density at radius 1 is 1.44 bits per heavy atom. The van der Waals surface area contributed by atoms with Gasteiger partial charge in [-0.15, -0.1) is 0 Å². The molecule has 0 amide bonds. The third kappa shape index (κ3) is 2.48. The zero-order valence-electron chi connectivity index (χ0n) is 10.6. The van der Waals surface area contributed by atoms with E-state index in [0.717, 1.165) is 34.0 Å². The Kier molecular flexibility index (Phi) is 3.86. The number of furan rings is 1. The molecule has 0 saturated heterocycles. The molecule has 0 aliphatic heterocycles. The maximum atomic E-state index is 5.29. The van der Waals surface area contributed by atoms with Gasteiger partial charge in [0.25, 0.3) is 0 Å². The molecule has 18 heavy (non-hydrogen) atoms. The zero-order valence-corrected chi connectivity index (χ0v) is 12.2. The van der Waals surface area contributed by atoms with E-state index in [2.05, 4.69) is 31.2 Å². The van der Waals surface area contributed by atoms with Gasteiger partial charge in [-0.05, 0) is 28.9 Å². The largest absolute Gasteiger partial charge is 0.469 e. The molecule has 6 heteroatoms. The fourth-order valence-electron chi connectivity index (χ4n) is 1.71. The summed E-state index contributed by atoms with van der Waals surface area (Å²) in [5, 5.41) is 3.02. The summed E-state index contributed by atoms with van der Waals surface area (Å²) in [6, 6.07) is 1.97. The van der Waals surface area contributed by atoms with Gasteiger partial charge in [0.2, 0.25) is 0 Å². The van der Waals surface area contributed by atoms with Crippen molar-refractivity contribution in [2.75, 3.05) is 24.3 Å². The lowest BCUT2D eigenvalue weighted by molar-refractivity contribution is 0.529. The molecule has 0 fully saturated rings. The van der Waals surface area contributed by atoms with Gasteiger partial charge in [0.1, 0.15) is 28.2 Å². The van der Waals surface area contributed by atoms with Crippen molar-refractivity contribution >= 4 is 27.6 Å². The third-order valence-corrected chi connectivity index (χ3v) is 3.47. The summed E-state index contributed by atoms with van der Waals surface area (Å²) >= 11 is 3.51. The van der Waals surface area contributed by atoms with Gasteiger partial charge in [-0.25, -0.2) is 9.97 Å². The van der Waals surface area contributed by atoms with Crippen molar-refractivity contribution in [2.24, 2.45) is 0 Å². The van der Waals surface area contributed by atoms with Crippen molar-refractivity contribution in [3.63, 3.8) is 0 Å². The number of halogens is 1. The zero-order chi connectivity index (χ0) is 13.1. The van der Waals surface area contributed by atoms with E-state index in [4.69, 9.17) is 4.42 Å². The molecule has 0 saturated carbocycles. The van der Waals surface area contributed by atoms with Crippen LogP contribution >= 0.6 is 15.9 Å². The quantitative estimate of drug-likeness (QED) is 0.941. The van der Waals surface area contributed by atoms with E-state index in [1.165, 1.54) is 0 Å². The summed E-state index contributed by atoms with van der Waals surface area (Å²) in [6.45, 7) is 2.69. The van der Waals surface area contributed by atoms with Crippen LogP contribution in [0.3, 0.4) is 0 Å². The van der Waals surface area contributed by atoms with E-state index in [0.29, 0.717) is 0 Å². The summed E-state index contributed by atoms with van der Waals surface area (Å²) in [7, 11) is 3.82. The van der Waals surface area contributed by atoms with Crippen molar-refractivity contribution < 1.29 is 4.42 Å². The third-order valence-electron chi connectivity index (χ3n) is 2.74. The molecule has 5 nitrogen and oxygen atoms in total. The molecule has 2 rings (SSSR count). The van der Waals surface area contributed by atoms with Gasteiger partial charge < -0.3 is 14.6 Å². The Labute approximate surface area is 114 Å². The van der Waals surface area contributed by atoms with Crippen LogP contribution in [0.15, 0.2) is 27.5 Å². The average molecular weight is 311 g/mol. The average Bonchev–Trinajstić information content (AvgIpc) is 2.75. The topological polar surface area (TPSA) is 54.2 Å². The van der Waals surface area contributed by atoms with E-state index in [1.807, 2.05) is 32.0 Å². The highest BCUT2D eigenvalue weighted by Gasteiger charge is 2.13. The first kappa shape index (κ1) is 12.9. The number of hydrogen-bond acceptors (Lipinski definition) is 5. The van der Waals surface area contributed by atoms with E-state index in [-0.39, 0.29) is 0 Å². The van der Waals surface area contributed by atoms with Gasteiger partial charge in [0.15, 0.2) is 0 Å². The molecule has 0 bridgehead atoms. The summed E-state index contributed by atoms with van der Waals surface area (Å²) in [5.74, 6) is 2.55. The Bertz CT molecular complexity index is 541. The van der Waals surface area contributed by atoms with Crippen LogP contribution in [0.5, 0.6) is 0 Å². The van der Waals surface area contributed by atoms with Crippen LogP contribution in [-0.2, 0) is 6.54 Å². The number of aryl methyl sites for hydroxylation is 1. The summed E-state index contributed by atoms with van der Waals surface area (Å²) in [5.41, 5.74) is 1.15. The number of rotatable bonds is 4. The van der Waals surface area contributed by atoms with Gasteiger partial charge in [-0.1, -0.05) is 0 Å². The molecule has 0 spiro atoms. The smallest absolute Gasteiger partial charge is 0.148 e. The molecule has 1 N–H and O–H groups in total. The normalized spacial score (nSPS) is 10.4. The molecule has 0 radical (unpaired) electrons. The van der Waals surface area contributed by atoms with Gasteiger partial charge in [-0.3, -0.25) is 0 Å². The summed E-state index contributed by atoms with van der Waals surface area (Å²) in [4.78, 5) is 10.5. The fourth-order valence-corrected chi connectivity index (χ4v) is 2.41. The second-order valence-corrected chi connectivity index (χ2v) is 4.76. The Morgan fingerprint density at radius 2 is 2.22 bits per heavy atom. The number of nitrogens with one attached hydrogen (secondary N) is 1. The maximum Gasteiger partial charge on any atom is 0.148 e. The lowest BCUT2D eigenvalue weighted by atomic mass is 10.2. The first-order valence-corrected chi connectivity index (χ1v) is 6.35. The SMILES string of the molecule is CNc1ncnc(N(C)Cc2ccoc2C)c1Br. The molecule has 2 aromatic rings. The van der Waals surface area contributed by atoms with Crippen molar-refractivity contribution in [1.82, 2.24) is 9.97 Å². The summed E-state index contributed by atoms with van der Waals surface area (Å²) < 4.78 is 6.15. The maximum absolute atomic E-state index is 5.29. The monoisotopic (exact) mass is 310 g/mol. The van der Waals surface area contributed by atoms with Crippen LogP contribution in [0.25, 0.3) is 0 Å². The number of nitrogens with zero attached hydrogens (tertiary/aromatic N) is 3. The molecule has 0 atom stereocenters. The van der Waals surface area contributed by atoms with E-state index < -0.39 is 0 Å². The summed E-state index contributed by atoms with van der Waals surface area (Å²) in [6.07, 6.45) is 3.25. The highest BCUT2D eigenvalue weighted by molar-refractivity contribution is 9.10. The van der Waals surface area contributed by atoms with Crippen molar-refractivity contribution in [3.05, 3.63) is 34.5 Å². The molecule has 0 aliphatic carbocycles. The molecule has 0 unspecified atom stereocenters. The van der Waals surface area contributed by atoms with Crippen LogP contribution in [0, 0.1) is 6.92 Å². The lowest BCUT2D eigenvalue weighted by Gasteiger charge is -2.19. The van der Waals surface area contributed by atoms with Crippen molar-refractivity contribution in [1.29, 1.82) is 0 Å². The number of anilines is 2. The molecule has 0 aromatic carbocycles. The van der Waals surface area contributed by atoms with Gasteiger partial charge in [-0.2, -0.15) is 0 Å². The number of hydrogen-bond donors (Lipinski definition) is 1. The van der Waals surface area contributed by atoms with Crippen LogP contribution in [0.4, 0.5) is 11.6 Å². The minimum atomic E-state index is 0.737. The molecule has 0 aliphatic rings. The number of aromatic nitrogens is 2. The van der Waals surface area contributed by atoms with Crippen LogP contribution < -0.4 is 10.2 Å². The molecular weight excluding hydrogens is 296 g/mol. The van der Waals surface area contributed by atoms with Gasteiger partial charge in [0.05, 0.1) is 6.26 Å². The Morgan fingerprint density at radius 3 is 2.83 bits per heavy atom. The Hall–Kier alpha value is -1.56. The first-order valence-electron chi connectivity index (χ1n) is 5.56. The van der Waals surface area contributed by atoms with E-state index in [9.17, 15) is 0 Å². The van der Waals surface area contributed by atoms with Crippen molar-refractivity contribution in [3.8, 4) is 0 Å². The second kappa shape index (κ2) is 5.39. The molecular formula is C12H15BrN4O. The Balaban J connectivity index is 2.24. The van der Waals surface area contributed by atoms with Crippen LogP contribution in [0.1, 0.15) is 11.3 Å².